The summed E-state index contributed by atoms with van der Waals surface area (Å²) in [5.41, 5.74) is 1.55. The lowest BCUT2D eigenvalue weighted by Crippen LogP contribution is -2.07. The van der Waals surface area contributed by atoms with Crippen molar-refractivity contribution in [1.29, 1.82) is 0 Å². The molecule has 1 heterocycles. The maximum Gasteiger partial charge on any atom is 0.248 e. The first-order chi connectivity index (χ1) is 7.66. The molecule has 0 atom stereocenters. The Morgan fingerprint density at radius 3 is 2.81 bits per heavy atom. The summed E-state index contributed by atoms with van der Waals surface area (Å²) in [6.07, 6.45) is 0.892. The number of H-pyrrole nitrogens is 1. The third-order valence-corrected chi connectivity index (χ3v) is 2.67. The largest absolute Gasteiger partial charge is 0.322 e. The van der Waals surface area contributed by atoms with Crippen LogP contribution in [0.4, 0.5) is 0 Å². The third-order valence-electron chi connectivity index (χ3n) is 2.44. The molecule has 0 spiro atoms. The summed E-state index contributed by atoms with van der Waals surface area (Å²) in [7, 11) is 0. The van der Waals surface area contributed by atoms with Crippen molar-refractivity contribution < 1.29 is 4.79 Å². The second-order valence-corrected chi connectivity index (χ2v) is 4.10. The minimum Gasteiger partial charge on any atom is -0.322 e. The Morgan fingerprint density at radius 1 is 1.31 bits per heavy atom. The van der Waals surface area contributed by atoms with Crippen molar-refractivity contribution in [3.8, 4) is 0 Å². The fraction of sp³-hybridized carbons (Fsp3) is 0.167. The van der Waals surface area contributed by atoms with Gasteiger partial charge in [0.1, 0.15) is 0 Å². The third kappa shape index (κ3) is 2.33. The number of benzene rings is 1. The summed E-state index contributed by atoms with van der Waals surface area (Å²) in [6, 6.07) is 9.10. The predicted octanol–water partition coefficient (Wildman–Crippen LogP) is 1.92. The molecule has 0 bridgehead atoms. The van der Waals surface area contributed by atoms with E-state index >= 15 is 0 Å². The smallest absolute Gasteiger partial charge is 0.248 e. The normalized spacial score (nSPS) is 10.6. The molecule has 0 aliphatic rings. The van der Waals surface area contributed by atoms with Crippen molar-refractivity contribution in [2.24, 2.45) is 0 Å². The van der Waals surface area contributed by atoms with Crippen LogP contribution in [0.15, 0.2) is 35.1 Å². The number of aromatic nitrogens is 1. The summed E-state index contributed by atoms with van der Waals surface area (Å²) in [5.74, 6) is 0. The summed E-state index contributed by atoms with van der Waals surface area (Å²) in [6.45, 7) is 0. The van der Waals surface area contributed by atoms with E-state index in [1.165, 1.54) is 0 Å². The molecule has 82 valence electrons. The van der Waals surface area contributed by atoms with E-state index in [2.05, 4.69) is 17.6 Å². The molecular weight excluding hydrogens is 222 g/mol. The highest BCUT2D eigenvalue weighted by Gasteiger charge is 2.04. The number of nitrogens with one attached hydrogen (secondary N) is 1. The topological polar surface area (TPSA) is 49.9 Å². The van der Waals surface area contributed by atoms with Crippen LogP contribution in [0.3, 0.4) is 0 Å². The molecule has 0 aliphatic carbocycles. The van der Waals surface area contributed by atoms with E-state index in [-0.39, 0.29) is 10.7 Å². The van der Waals surface area contributed by atoms with Crippen LogP contribution in [0.5, 0.6) is 0 Å². The number of para-hydroxylation sites is 1. The van der Waals surface area contributed by atoms with Crippen LogP contribution in [0.25, 0.3) is 10.9 Å². The van der Waals surface area contributed by atoms with Crippen molar-refractivity contribution in [2.45, 2.75) is 12.8 Å². The van der Waals surface area contributed by atoms with Crippen molar-refractivity contribution >= 4 is 28.6 Å². The number of carbonyl (C=O) groups excluding carboxylic acids is 1. The number of hydrogen-bond donors (Lipinski definition) is 2. The van der Waals surface area contributed by atoms with Gasteiger partial charge in [0.2, 0.25) is 5.56 Å². The Morgan fingerprint density at radius 2 is 2.06 bits per heavy atom. The highest BCUT2D eigenvalue weighted by molar-refractivity contribution is 7.96. The lowest BCUT2D eigenvalue weighted by atomic mass is 10.1. The van der Waals surface area contributed by atoms with Gasteiger partial charge in [0.25, 0.3) is 0 Å². The Balaban J connectivity index is 2.50. The number of hydrogen-bond acceptors (Lipinski definition) is 2. The van der Waals surface area contributed by atoms with Gasteiger partial charge in [-0.3, -0.25) is 9.59 Å². The molecule has 0 radical (unpaired) electrons. The van der Waals surface area contributed by atoms with Gasteiger partial charge in [0.05, 0.1) is 0 Å². The number of thiol groups is 1. The van der Waals surface area contributed by atoms with E-state index in [1.807, 2.05) is 24.3 Å². The van der Waals surface area contributed by atoms with E-state index in [9.17, 15) is 9.59 Å². The molecule has 0 saturated carbocycles. The molecule has 1 N–H and O–H groups in total. The molecule has 2 rings (SSSR count). The summed E-state index contributed by atoms with van der Waals surface area (Å²) >= 11 is 3.72. The standard InChI is InChI=1S/C12H11NO2S/c14-11-7-8(5-6-12(15)16)9-3-1-2-4-10(9)13-11/h1-4,7H,5-6H2,(H,13,14)(H,15,16). The Hall–Kier alpha value is -1.55. The average molecular weight is 233 g/mol. The van der Waals surface area contributed by atoms with Gasteiger partial charge in [-0.1, -0.05) is 18.2 Å². The van der Waals surface area contributed by atoms with Crippen molar-refractivity contribution in [3.63, 3.8) is 0 Å². The first kappa shape index (κ1) is 11.0. The van der Waals surface area contributed by atoms with Crippen LogP contribution in [-0.4, -0.2) is 10.1 Å². The number of pyridine rings is 1. The molecule has 4 heteroatoms. The molecule has 0 fully saturated rings. The molecule has 3 nitrogen and oxygen atoms in total. The molecule has 2 aromatic rings. The SMILES string of the molecule is O=C(S)CCc1cc(=O)[nH]c2ccccc12. The molecular formula is C12H11NO2S. The van der Waals surface area contributed by atoms with Gasteiger partial charge in [-0.15, -0.1) is 12.6 Å². The lowest BCUT2D eigenvalue weighted by Gasteiger charge is -2.04. The maximum atomic E-state index is 11.4. The zero-order valence-electron chi connectivity index (χ0n) is 8.56. The number of aromatic amines is 1. The van der Waals surface area contributed by atoms with Gasteiger partial charge in [0, 0.05) is 23.4 Å². The molecule has 1 aromatic carbocycles. The Bertz CT molecular complexity index is 589. The molecule has 0 saturated heterocycles. The minimum atomic E-state index is -0.163. The summed E-state index contributed by atoms with van der Waals surface area (Å²) < 4.78 is 0. The fourth-order valence-electron chi connectivity index (χ4n) is 1.73. The molecule has 16 heavy (non-hydrogen) atoms. The summed E-state index contributed by atoms with van der Waals surface area (Å²) in [5, 5.41) is 0.820. The van der Waals surface area contributed by atoms with E-state index < -0.39 is 0 Å². The van der Waals surface area contributed by atoms with Gasteiger partial charge < -0.3 is 4.98 Å². The van der Waals surface area contributed by atoms with E-state index in [4.69, 9.17) is 0 Å². The van der Waals surface area contributed by atoms with Crippen LogP contribution in [-0.2, 0) is 11.2 Å². The van der Waals surface area contributed by atoms with Crippen LogP contribution in [0, 0.1) is 0 Å². The molecule has 1 aromatic heterocycles. The number of fused-ring (bicyclic) bond motifs is 1. The molecule has 0 unspecified atom stereocenters. The molecule has 0 aliphatic heterocycles. The molecule has 0 amide bonds. The first-order valence-electron chi connectivity index (χ1n) is 4.99. The van der Waals surface area contributed by atoms with Gasteiger partial charge in [-0.2, -0.15) is 0 Å². The van der Waals surface area contributed by atoms with Gasteiger partial charge >= 0.3 is 0 Å². The first-order valence-corrected chi connectivity index (χ1v) is 5.44. The number of rotatable bonds is 3. The van der Waals surface area contributed by atoms with Gasteiger partial charge in [-0.05, 0) is 18.1 Å². The second-order valence-electron chi connectivity index (χ2n) is 3.60. The van der Waals surface area contributed by atoms with E-state index in [1.54, 1.807) is 6.07 Å². The van der Waals surface area contributed by atoms with Crippen LogP contribution in [0.2, 0.25) is 0 Å². The van der Waals surface area contributed by atoms with Gasteiger partial charge in [0.15, 0.2) is 5.12 Å². The van der Waals surface area contributed by atoms with Crippen molar-refractivity contribution in [1.82, 2.24) is 4.98 Å². The fourth-order valence-corrected chi connectivity index (χ4v) is 1.84. The maximum absolute atomic E-state index is 11.4. The monoisotopic (exact) mass is 233 g/mol. The summed E-state index contributed by atoms with van der Waals surface area (Å²) in [4.78, 5) is 25.0. The zero-order valence-corrected chi connectivity index (χ0v) is 9.46. The number of carbonyl (C=O) groups is 1. The average Bonchev–Trinajstić information content (AvgIpc) is 2.25. The minimum absolute atomic E-state index is 0.139. The quantitative estimate of drug-likeness (QED) is 0.796. The predicted molar refractivity (Wildman–Crippen MR) is 66.9 cm³/mol. The van der Waals surface area contributed by atoms with Crippen molar-refractivity contribution in [2.75, 3.05) is 0 Å². The van der Waals surface area contributed by atoms with Crippen LogP contribution < -0.4 is 5.56 Å². The van der Waals surface area contributed by atoms with E-state index in [0.29, 0.717) is 12.8 Å². The zero-order chi connectivity index (χ0) is 11.5. The van der Waals surface area contributed by atoms with Crippen LogP contribution in [0.1, 0.15) is 12.0 Å². The van der Waals surface area contributed by atoms with Crippen molar-refractivity contribution in [3.05, 3.63) is 46.2 Å². The Kier molecular flexibility index (Phi) is 3.10. The highest BCUT2D eigenvalue weighted by Crippen LogP contribution is 2.16. The Labute approximate surface area is 97.9 Å². The number of aryl methyl sites for hydroxylation is 1. The van der Waals surface area contributed by atoms with Gasteiger partial charge in [-0.25, -0.2) is 0 Å². The van der Waals surface area contributed by atoms with E-state index in [0.717, 1.165) is 16.5 Å². The second kappa shape index (κ2) is 4.53. The van der Waals surface area contributed by atoms with Crippen LogP contribution >= 0.6 is 12.6 Å². The highest BCUT2D eigenvalue weighted by atomic mass is 32.1. The lowest BCUT2D eigenvalue weighted by molar-refractivity contribution is -0.110.